The van der Waals surface area contributed by atoms with Gasteiger partial charge in [-0.25, -0.2) is 0 Å². The number of aryl methyl sites for hydroxylation is 2. The summed E-state index contributed by atoms with van der Waals surface area (Å²) in [5, 5.41) is 8.14. The van der Waals surface area contributed by atoms with Gasteiger partial charge in [-0.3, -0.25) is 0 Å². The van der Waals surface area contributed by atoms with Gasteiger partial charge in [0.15, 0.2) is 0 Å². The third kappa shape index (κ3) is 3.14. The summed E-state index contributed by atoms with van der Waals surface area (Å²) in [7, 11) is 0. The van der Waals surface area contributed by atoms with E-state index in [1.165, 1.54) is 110 Å². The van der Waals surface area contributed by atoms with Crippen LogP contribution >= 0.6 is 0 Å². The molecule has 7 aromatic carbocycles. The van der Waals surface area contributed by atoms with E-state index in [1.54, 1.807) is 0 Å². The molecule has 0 N–H and O–H groups in total. The number of hydrogen-bond donors (Lipinski definition) is 0. The highest BCUT2D eigenvalue weighted by Gasteiger charge is 2.38. The minimum absolute atomic E-state index is 0.257. The molecule has 0 amide bonds. The Morgan fingerprint density at radius 1 is 0.435 bits per heavy atom. The lowest BCUT2D eigenvalue weighted by atomic mass is 9.68. The molecular formula is C46H30. The second-order valence-electron chi connectivity index (χ2n) is 13.8. The molecule has 0 fully saturated rings. The molecule has 0 aromatic heterocycles. The zero-order valence-electron chi connectivity index (χ0n) is 25.9. The van der Waals surface area contributed by atoms with Crippen molar-refractivity contribution in [2.24, 2.45) is 5.92 Å². The third-order valence-corrected chi connectivity index (χ3v) is 11.1. The summed E-state index contributed by atoms with van der Waals surface area (Å²) in [6.45, 7) is 4.47. The van der Waals surface area contributed by atoms with E-state index in [1.807, 2.05) is 0 Å². The quantitative estimate of drug-likeness (QED) is 0.181. The molecule has 0 nitrogen and oxygen atoms in total. The van der Waals surface area contributed by atoms with Crippen LogP contribution in [0.3, 0.4) is 0 Å². The average molecular weight is 583 g/mol. The van der Waals surface area contributed by atoms with Gasteiger partial charge in [0.2, 0.25) is 0 Å². The van der Waals surface area contributed by atoms with Crippen LogP contribution < -0.4 is 10.4 Å². The molecule has 0 aliphatic heterocycles. The van der Waals surface area contributed by atoms with Crippen LogP contribution in [0.25, 0.3) is 72.1 Å². The normalized spacial score (nSPS) is 17.6. The lowest BCUT2D eigenvalue weighted by molar-refractivity contribution is 0.733. The van der Waals surface area contributed by atoms with Crippen LogP contribution in [0.4, 0.5) is 0 Å². The van der Waals surface area contributed by atoms with Gasteiger partial charge in [-0.05, 0) is 142 Å². The Bertz CT molecular complexity index is 2710. The molecule has 0 heterocycles. The number of fused-ring (bicyclic) bond motifs is 11. The molecule has 4 aliphatic carbocycles. The molecule has 7 aromatic rings. The van der Waals surface area contributed by atoms with Gasteiger partial charge in [0.25, 0.3) is 0 Å². The van der Waals surface area contributed by atoms with Gasteiger partial charge in [0.1, 0.15) is 0 Å². The van der Waals surface area contributed by atoms with E-state index in [4.69, 9.17) is 0 Å². The maximum atomic E-state index is 2.62. The Balaban J connectivity index is 1.24. The van der Waals surface area contributed by atoms with Crippen molar-refractivity contribution in [3.05, 3.63) is 171 Å². The fourth-order valence-corrected chi connectivity index (χ4v) is 9.30. The summed E-state index contributed by atoms with van der Waals surface area (Å²) < 4.78 is 0. The smallest absolute Gasteiger partial charge is 0.0144 e. The zero-order chi connectivity index (χ0) is 30.3. The maximum Gasteiger partial charge on any atom is 0.0144 e. The minimum atomic E-state index is 0.257. The van der Waals surface area contributed by atoms with Crippen LogP contribution in [-0.2, 0) is 0 Å². The minimum Gasteiger partial charge on any atom is -0.0681 e. The summed E-state index contributed by atoms with van der Waals surface area (Å²) in [6.07, 6.45) is 5.20. The van der Waals surface area contributed by atoms with Crippen LogP contribution in [0.5, 0.6) is 0 Å². The molecule has 2 atom stereocenters. The van der Waals surface area contributed by atoms with Crippen LogP contribution in [0, 0.1) is 19.8 Å². The fraction of sp³-hybridized carbons (Fsp3) is 0.0870. The second kappa shape index (κ2) is 8.62. The highest BCUT2D eigenvalue weighted by molar-refractivity contribution is 6.16. The summed E-state index contributed by atoms with van der Waals surface area (Å²) >= 11 is 0. The molecule has 0 bridgehead atoms. The SMILES string of the molecule is Cc1cc2c3c(cc(C)cc3c1)-c1cc3c(cc1-2)C(c1ccc2ccccc2c1)=CC1C2=c4c(cccc4=CC31)-c1ccccc12. The predicted octanol–water partition coefficient (Wildman–Crippen LogP) is 10.1. The molecule has 0 heteroatoms. The van der Waals surface area contributed by atoms with Crippen molar-refractivity contribution in [2.45, 2.75) is 19.8 Å². The molecule has 0 saturated heterocycles. The van der Waals surface area contributed by atoms with Crippen molar-refractivity contribution < 1.29 is 0 Å². The lowest BCUT2D eigenvalue weighted by Crippen LogP contribution is -2.36. The Kier molecular flexibility index (Phi) is 4.65. The van der Waals surface area contributed by atoms with Gasteiger partial charge in [-0.2, -0.15) is 0 Å². The highest BCUT2D eigenvalue weighted by atomic mass is 14.4. The molecule has 0 saturated carbocycles. The summed E-state index contributed by atoms with van der Waals surface area (Å²) in [4.78, 5) is 0. The highest BCUT2D eigenvalue weighted by Crippen LogP contribution is 2.55. The maximum absolute atomic E-state index is 2.62. The van der Waals surface area contributed by atoms with Crippen molar-refractivity contribution in [2.75, 3.05) is 0 Å². The zero-order valence-corrected chi connectivity index (χ0v) is 25.9. The third-order valence-electron chi connectivity index (χ3n) is 11.1. The summed E-state index contributed by atoms with van der Waals surface area (Å²) in [5.41, 5.74) is 19.3. The summed E-state index contributed by atoms with van der Waals surface area (Å²) in [6, 6.07) is 46.4. The Morgan fingerprint density at radius 3 is 1.98 bits per heavy atom. The number of allylic oxidation sites excluding steroid dienone is 1. The van der Waals surface area contributed by atoms with Crippen molar-refractivity contribution in [3.63, 3.8) is 0 Å². The fourth-order valence-electron chi connectivity index (χ4n) is 9.30. The largest absolute Gasteiger partial charge is 0.0681 e. The van der Waals surface area contributed by atoms with Crippen molar-refractivity contribution >= 4 is 38.8 Å². The van der Waals surface area contributed by atoms with E-state index in [-0.39, 0.29) is 11.8 Å². The van der Waals surface area contributed by atoms with Crippen molar-refractivity contribution in [1.82, 2.24) is 0 Å². The average Bonchev–Trinajstić information content (AvgIpc) is 3.57. The van der Waals surface area contributed by atoms with E-state index in [2.05, 4.69) is 147 Å². The molecule has 46 heavy (non-hydrogen) atoms. The van der Waals surface area contributed by atoms with Crippen LogP contribution in [0.2, 0.25) is 0 Å². The van der Waals surface area contributed by atoms with Gasteiger partial charge < -0.3 is 0 Å². The van der Waals surface area contributed by atoms with E-state index in [0.717, 1.165) is 0 Å². The summed E-state index contributed by atoms with van der Waals surface area (Å²) in [5.74, 6) is 0.520. The van der Waals surface area contributed by atoms with Crippen molar-refractivity contribution in [1.29, 1.82) is 0 Å². The van der Waals surface area contributed by atoms with Crippen LogP contribution in [0.1, 0.15) is 39.3 Å². The Labute approximate surface area is 268 Å². The predicted molar refractivity (Wildman–Crippen MR) is 193 cm³/mol. The molecule has 0 radical (unpaired) electrons. The van der Waals surface area contributed by atoms with E-state index in [0.29, 0.717) is 0 Å². The number of rotatable bonds is 1. The first-order valence-corrected chi connectivity index (χ1v) is 16.5. The Hall–Kier alpha value is -5.46. The lowest BCUT2D eigenvalue weighted by Gasteiger charge is -2.35. The van der Waals surface area contributed by atoms with Crippen molar-refractivity contribution in [3.8, 4) is 33.4 Å². The number of benzene rings is 7. The molecule has 0 spiro atoms. The topological polar surface area (TPSA) is 0 Å². The monoisotopic (exact) mass is 582 g/mol. The van der Waals surface area contributed by atoms with Gasteiger partial charge >= 0.3 is 0 Å². The van der Waals surface area contributed by atoms with Crippen LogP contribution in [0.15, 0.2) is 127 Å². The van der Waals surface area contributed by atoms with E-state index in [9.17, 15) is 0 Å². The molecule has 4 aliphatic rings. The molecule has 2 unspecified atom stereocenters. The first-order valence-electron chi connectivity index (χ1n) is 16.5. The van der Waals surface area contributed by atoms with E-state index < -0.39 is 0 Å². The first kappa shape index (κ1) is 24.8. The first-order chi connectivity index (χ1) is 22.6. The van der Waals surface area contributed by atoms with Gasteiger partial charge in [0, 0.05) is 11.8 Å². The molecule has 214 valence electrons. The van der Waals surface area contributed by atoms with Gasteiger partial charge in [0.05, 0.1) is 0 Å². The molecule has 11 rings (SSSR count). The number of hydrogen-bond acceptors (Lipinski definition) is 0. The van der Waals surface area contributed by atoms with Gasteiger partial charge in [-0.1, -0.05) is 115 Å². The second-order valence-corrected chi connectivity index (χ2v) is 13.8. The molecular weight excluding hydrogens is 553 g/mol. The van der Waals surface area contributed by atoms with Crippen LogP contribution in [-0.4, -0.2) is 0 Å². The van der Waals surface area contributed by atoms with Gasteiger partial charge in [-0.15, -0.1) is 0 Å². The Morgan fingerprint density at radius 2 is 1.15 bits per heavy atom. The van der Waals surface area contributed by atoms with E-state index >= 15 is 0 Å². The standard InChI is InChI=1S/C46H30/c1-25-16-31-17-26(2)19-42-40-24-38-36-21-30-10-7-13-33-32-11-5-6-12-34(32)46(45(30)33)43(36)22-35(37(38)23-39(40)41(18-25)44(31)42)29-15-14-27-8-3-4-9-28(27)20-29/h3-24,36,43H,1-2H3.